The summed E-state index contributed by atoms with van der Waals surface area (Å²) in [4.78, 5) is 21.9. The van der Waals surface area contributed by atoms with E-state index in [4.69, 9.17) is 5.26 Å². The number of nitrogens with zero attached hydrogens (tertiary/aromatic N) is 5. The minimum atomic E-state index is -3.72. The maximum Gasteiger partial charge on any atom is 0.256 e. The minimum absolute atomic E-state index is 0. The van der Waals surface area contributed by atoms with Crippen LogP contribution in [0.3, 0.4) is 0 Å². The molecular weight excluding hydrogens is 462 g/mol. The topological polar surface area (TPSA) is 97.6 Å². The van der Waals surface area contributed by atoms with E-state index in [0.717, 1.165) is 25.3 Å². The van der Waals surface area contributed by atoms with Crippen molar-refractivity contribution in [2.75, 3.05) is 37.6 Å². The second kappa shape index (κ2) is 9.67. The first-order chi connectivity index (χ1) is 15.2. The van der Waals surface area contributed by atoms with Gasteiger partial charge >= 0.3 is 0 Å². The molecule has 10 heteroatoms. The molecule has 2 saturated heterocycles. The number of hydrogen-bond acceptors (Lipinski definition) is 6. The highest BCUT2D eigenvalue weighted by Gasteiger charge is 2.35. The summed E-state index contributed by atoms with van der Waals surface area (Å²) in [5, 5.41) is 9.04. The SMILES string of the molecule is Cc1cc(C#N)ccc1S(=O)(=O)N1CCN(C(=O)c2ccc(N3CCC3)nc2C)[C@@H](C)C1.Cl. The van der Waals surface area contributed by atoms with E-state index in [1.807, 2.05) is 32.0 Å². The van der Waals surface area contributed by atoms with Crippen LogP contribution in [0, 0.1) is 25.2 Å². The Labute approximate surface area is 201 Å². The number of anilines is 1. The highest BCUT2D eigenvalue weighted by atomic mass is 35.5. The summed E-state index contributed by atoms with van der Waals surface area (Å²) in [6, 6.07) is 10.0. The molecule has 0 unspecified atom stereocenters. The second-order valence-corrected chi connectivity index (χ2v) is 10.4. The van der Waals surface area contributed by atoms with Crippen molar-refractivity contribution in [3.63, 3.8) is 0 Å². The standard InChI is InChI=1S/C23H27N5O3S.ClH/c1-16-13-19(14-24)5-7-21(16)32(30,31)27-11-12-28(17(2)15-27)23(29)20-6-8-22(25-18(20)3)26-9-4-10-26;/h5-8,13,17H,4,9-12,15H2,1-3H3;1H/t17-;/m0./s1. The van der Waals surface area contributed by atoms with Crippen LogP contribution in [-0.4, -0.2) is 67.3 Å². The smallest absolute Gasteiger partial charge is 0.256 e. The van der Waals surface area contributed by atoms with E-state index in [9.17, 15) is 13.2 Å². The zero-order valence-corrected chi connectivity index (χ0v) is 20.6. The fourth-order valence-corrected chi connectivity index (χ4v) is 5.96. The summed E-state index contributed by atoms with van der Waals surface area (Å²) in [6.07, 6.45) is 1.16. The predicted octanol–water partition coefficient (Wildman–Crippen LogP) is 2.74. The fraction of sp³-hybridized carbons (Fsp3) is 0.435. The van der Waals surface area contributed by atoms with Gasteiger partial charge in [-0.3, -0.25) is 4.79 Å². The number of aromatic nitrogens is 1. The number of halogens is 1. The van der Waals surface area contributed by atoms with E-state index < -0.39 is 10.0 Å². The van der Waals surface area contributed by atoms with Crippen molar-refractivity contribution in [2.45, 2.75) is 38.1 Å². The van der Waals surface area contributed by atoms with Crippen molar-refractivity contribution in [1.82, 2.24) is 14.2 Å². The van der Waals surface area contributed by atoms with Crippen LogP contribution < -0.4 is 4.90 Å². The maximum absolute atomic E-state index is 13.2. The number of carbonyl (C=O) groups excluding carboxylic acids is 1. The highest BCUT2D eigenvalue weighted by Crippen LogP contribution is 2.26. The summed E-state index contributed by atoms with van der Waals surface area (Å²) < 4.78 is 27.9. The van der Waals surface area contributed by atoms with Gasteiger partial charge in [-0.2, -0.15) is 9.57 Å². The fourth-order valence-electron chi connectivity index (χ4n) is 4.24. The van der Waals surface area contributed by atoms with Crippen molar-refractivity contribution in [3.05, 3.63) is 52.7 Å². The Morgan fingerprint density at radius 2 is 1.85 bits per heavy atom. The molecule has 33 heavy (non-hydrogen) atoms. The zero-order valence-electron chi connectivity index (χ0n) is 19.0. The first-order valence-electron chi connectivity index (χ1n) is 10.8. The molecule has 8 nitrogen and oxygen atoms in total. The van der Waals surface area contributed by atoms with Crippen molar-refractivity contribution >= 4 is 34.2 Å². The molecule has 0 N–H and O–H groups in total. The third kappa shape index (κ3) is 4.69. The van der Waals surface area contributed by atoms with Crippen LogP contribution in [0.15, 0.2) is 35.2 Å². The molecule has 4 rings (SSSR count). The van der Waals surface area contributed by atoms with E-state index in [1.54, 1.807) is 17.9 Å². The molecule has 1 atom stereocenters. The van der Waals surface area contributed by atoms with Crippen LogP contribution in [0.5, 0.6) is 0 Å². The number of benzene rings is 1. The average Bonchev–Trinajstić information content (AvgIpc) is 2.71. The van der Waals surface area contributed by atoms with Crippen LogP contribution in [0.1, 0.15) is 40.5 Å². The Kier molecular flexibility index (Phi) is 7.32. The number of amides is 1. The summed E-state index contributed by atoms with van der Waals surface area (Å²) in [7, 11) is -3.72. The van der Waals surface area contributed by atoms with Crippen molar-refractivity contribution in [2.24, 2.45) is 0 Å². The Bertz CT molecular complexity index is 1210. The van der Waals surface area contributed by atoms with Crippen LogP contribution in [0.2, 0.25) is 0 Å². The molecule has 2 aromatic rings. The third-order valence-corrected chi connectivity index (χ3v) is 8.28. The Hall–Kier alpha value is -2.67. The maximum atomic E-state index is 13.2. The monoisotopic (exact) mass is 489 g/mol. The summed E-state index contributed by atoms with van der Waals surface area (Å²) >= 11 is 0. The number of rotatable bonds is 4. The largest absolute Gasteiger partial charge is 0.356 e. The van der Waals surface area contributed by atoms with Gasteiger partial charge in [-0.25, -0.2) is 13.4 Å². The van der Waals surface area contributed by atoms with Gasteiger partial charge in [0, 0.05) is 38.8 Å². The summed E-state index contributed by atoms with van der Waals surface area (Å²) in [5.74, 6) is 0.774. The van der Waals surface area contributed by atoms with Gasteiger partial charge in [-0.05, 0) is 63.1 Å². The molecule has 0 bridgehead atoms. The van der Waals surface area contributed by atoms with E-state index in [1.165, 1.54) is 16.4 Å². The van der Waals surface area contributed by atoms with Gasteiger partial charge < -0.3 is 9.80 Å². The lowest BCUT2D eigenvalue weighted by atomic mass is 10.1. The normalized spacial score (nSPS) is 18.8. The van der Waals surface area contributed by atoms with E-state index in [-0.39, 0.29) is 42.3 Å². The van der Waals surface area contributed by atoms with E-state index in [0.29, 0.717) is 28.9 Å². The Morgan fingerprint density at radius 1 is 1.12 bits per heavy atom. The van der Waals surface area contributed by atoms with Crippen LogP contribution >= 0.6 is 12.4 Å². The molecule has 0 spiro atoms. The lowest BCUT2D eigenvalue weighted by Crippen LogP contribution is -2.55. The second-order valence-electron chi connectivity index (χ2n) is 8.45. The molecule has 0 radical (unpaired) electrons. The molecule has 1 amide bonds. The molecule has 1 aromatic carbocycles. The zero-order chi connectivity index (χ0) is 23.0. The number of aryl methyl sites for hydroxylation is 2. The predicted molar refractivity (Wildman–Crippen MR) is 128 cm³/mol. The highest BCUT2D eigenvalue weighted by molar-refractivity contribution is 7.89. The number of pyridine rings is 1. The molecule has 2 aliphatic heterocycles. The van der Waals surface area contributed by atoms with Crippen molar-refractivity contribution in [3.8, 4) is 6.07 Å². The molecule has 2 aliphatic rings. The van der Waals surface area contributed by atoms with Crippen LogP contribution in [0.25, 0.3) is 0 Å². The number of carbonyl (C=O) groups is 1. The minimum Gasteiger partial charge on any atom is -0.356 e. The quantitative estimate of drug-likeness (QED) is 0.655. The van der Waals surface area contributed by atoms with Crippen molar-refractivity contribution < 1.29 is 13.2 Å². The molecule has 3 heterocycles. The molecule has 0 saturated carbocycles. The number of sulfonamides is 1. The molecule has 176 valence electrons. The van der Waals surface area contributed by atoms with Crippen LogP contribution in [-0.2, 0) is 10.0 Å². The lowest BCUT2D eigenvalue weighted by Gasteiger charge is -2.39. The van der Waals surface area contributed by atoms with Crippen LogP contribution in [0.4, 0.5) is 5.82 Å². The van der Waals surface area contributed by atoms with Gasteiger partial charge in [0.25, 0.3) is 5.91 Å². The number of piperazine rings is 1. The molecule has 2 fully saturated rings. The first-order valence-corrected chi connectivity index (χ1v) is 12.2. The van der Waals surface area contributed by atoms with Gasteiger partial charge in [0.2, 0.25) is 10.0 Å². The lowest BCUT2D eigenvalue weighted by molar-refractivity contribution is 0.0590. The Morgan fingerprint density at radius 3 is 2.39 bits per heavy atom. The van der Waals surface area contributed by atoms with Gasteiger partial charge in [0.05, 0.1) is 27.8 Å². The van der Waals surface area contributed by atoms with Crippen molar-refractivity contribution in [1.29, 1.82) is 5.26 Å². The molecule has 1 aromatic heterocycles. The van der Waals surface area contributed by atoms with E-state index >= 15 is 0 Å². The molecule has 0 aliphatic carbocycles. The summed E-state index contributed by atoms with van der Waals surface area (Å²) in [6.45, 7) is 8.12. The van der Waals surface area contributed by atoms with Gasteiger partial charge in [-0.15, -0.1) is 12.4 Å². The van der Waals surface area contributed by atoms with Gasteiger partial charge in [0.1, 0.15) is 5.82 Å². The molecular formula is C23H28ClN5O3S. The third-order valence-electron chi connectivity index (χ3n) is 6.25. The average molecular weight is 490 g/mol. The summed E-state index contributed by atoms with van der Waals surface area (Å²) in [5.41, 5.74) is 2.21. The Balaban J connectivity index is 0.00000306. The number of hydrogen-bond donors (Lipinski definition) is 0. The van der Waals surface area contributed by atoms with Gasteiger partial charge in [-0.1, -0.05) is 0 Å². The first kappa shape index (κ1) is 25.0. The van der Waals surface area contributed by atoms with E-state index in [2.05, 4.69) is 9.88 Å². The number of nitriles is 1. The van der Waals surface area contributed by atoms with Gasteiger partial charge in [0.15, 0.2) is 0 Å².